The van der Waals surface area contributed by atoms with Crippen LogP contribution in [0, 0.1) is 0 Å². The number of hydrogen-bond acceptors (Lipinski definition) is 3. The molecule has 1 rings (SSSR count). The predicted octanol–water partition coefficient (Wildman–Crippen LogP) is 3.29. The van der Waals surface area contributed by atoms with Gasteiger partial charge in [0.2, 0.25) is 0 Å². The van der Waals surface area contributed by atoms with Gasteiger partial charge in [-0.05, 0) is 38.1 Å². The molecule has 0 unspecified atom stereocenters. The van der Waals surface area contributed by atoms with Crippen molar-refractivity contribution in [3.8, 4) is 0 Å². The highest BCUT2D eigenvalue weighted by Gasteiger charge is 2.39. The van der Waals surface area contributed by atoms with Gasteiger partial charge in [-0.2, -0.15) is 0 Å². The first-order valence-electron chi connectivity index (χ1n) is 6.95. The Labute approximate surface area is 110 Å². The molecule has 102 valence electrons. The summed E-state index contributed by atoms with van der Waals surface area (Å²) >= 11 is 0. The molecule has 0 spiro atoms. The van der Waals surface area contributed by atoms with Gasteiger partial charge in [0.25, 0.3) is 0 Å². The molecular weight excluding hydrogens is 226 g/mol. The van der Waals surface area contributed by atoms with Crippen molar-refractivity contribution in [2.24, 2.45) is 0 Å². The summed E-state index contributed by atoms with van der Waals surface area (Å²) in [6, 6.07) is 3.70. The molecule has 0 fully saturated rings. The Morgan fingerprint density at radius 3 is 2.22 bits per heavy atom. The van der Waals surface area contributed by atoms with E-state index >= 15 is 0 Å². The van der Waals surface area contributed by atoms with E-state index in [4.69, 9.17) is 4.42 Å². The number of carbonyl (C=O) groups excluding carboxylic acids is 1. The average Bonchev–Trinajstić information content (AvgIpc) is 2.88. The molecule has 0 aliphatic heterocycles. The van der Waals surface area contributed by atoms with Crippen molar-refractivity contribution in [1.82, 2.24) is 4.90 Å². The van der Waals surface area contributed by atoms with Crippen LogP contribution >= 0.6 is 0 Å². The molecule has 0 saturated heterocycles. The Kier molecular flexibility index (Phi) is 5.60. The Bertz CT molecular complexity index is 349. The summed E-state index contributed by atoms with van der Waals surface area (Å²) in [7, 11) is 0. The average molecular weight is 251 g/mol. The number of Topliss-reactive ketones (excluding diaryl/α,β-unsaturated/α-hetero) is 1. The Hall–Kier alpha value is -1.09. The number of nitrogens with zero attached hydrogens (tertiary/aromatic N) is 1. The van der Waals surface area contributed by atoms with Gasteiger partial charge >= 0.3 is 0 Å². The molecule has 0 aliphatic rings. The zero-order valence-electron chi connectivity index (χ0n) is 12.0. The molecule has 3 heteroatoms. The largest absolute Gasteiger partial charge is 0.469 e. The third-order valence-corrected chi connectivity index (χ3v) is 3.97. The van der Waals surface area contributed by atoms with Crippen molar-refractivity contribution in [2.45, 2.75) is 52.5 Å². The van der Waals surface area contributed by atoms with E-state index in [1.807, 2.05) is 12.1 Å². The summed E-state index contributed by atoms with van der Waals surface area (Å²) in [6.07, 6.45) is 3.72. The first kappa shape index (κ1) is 15.0. The third-order valence-electron chi connectivity index (χ3n) is 3.97. The molecule has 1 aromatic rings. The molecule has 1 heterocycles. The van der Waals surface area contributed by atoms with Crippen molar-refractivity contribution in [3.05, 3.63) is 24.2 Å². The van der Waals surface area contributed by atoms with Crippen LogP contribution in [-0.2, 0) is 11.2 Å². The van der Waals surface area contributed by atoms with E-state index in [0.29, 0.717) is 6.42 Å². The SMILES string of the molecule is CCN(CC)C(CC)(CC)C(=O)Cc1ccco1. The molecule has 0 radical (unpaired) electrons. The molecule has 0 saturated carbocycles. The maximum Gasteiger partial charge on any atom is 0.160 e. The van der Waals surface area contributed by atoms with Crippen LogP contribution < -0.4 is 0 Å². The number of carbonyl (C=O) groups is 1. The van der Waals surface area contributed by atoms with Crippen molar-refractivity contribution < 1.29 is 9.21 Å². The van der Waals surface area contributed by atoms with Crippen molar-refractivity contribution in [3.63, 3.8) is 0 Å². The van der Waals surface area contributed by atoms with E-state index in [9.17, 15) is 4.79 Å². The lowest BCUT2D eigenvalue weighted by Crippen LogP contribution is -2.54. The van der Waals surface area contributed by atoms with Gasteiger partial charge in [-0.3, -0.25) is 9.69 Å². The number of ketones is 1. The fourth-order valence-corrected chi connectivity index (χ4v) is 2.83. The fourth-order valence-electron chi connectivity index (χ4n) is 2.83. The molecule has 0 aliphatic carbocycles. The van der Waals surface area contributed by atoms with E-state index in [1.54, 1.807) is 6.26 Å². The van der Waals surface area contributed by atoms with E-state index in [0.717, 1.165) is 31.7 Å². The van der Waals surface area contributed by atoms with Gasteiger partial charge < -0.3 is 4.42 Å². The van der Waals surface area contributed by atoms with Gasteiger partial charge in [0.1, 0.15) is 5.76 Å². The maximum absolute atomic E-state index is 12.7. The van der Waals surface area contributed by atoms with Crippen LogP contribution in [0.5, 0.6) is 0 Å². The molecule has 0 N–H and O–H groups in total. The molecule has 3 nitrogen and oxygen atoms in total. The summed E-state index contributed by atoms with van der Waals surface area (Å²) in [5, 5.41) is 0. The quantitative estimate of drug-likeness (QED) is 0.711. The summed E-state index contributed by atoms with van der Waals surface area (Å²) in [4.78, 5) is 14.9. The number of hydrogen-bond donors (Lipinski definition) is 0. The smallest absolute Gasteiger partial charge is 0.160 e. The van der Waals surface area contributed by atoms with Gasteiger partial charge in [-0.25, -0.2) is 0 Å². The summed E-state index contributed by atoms with van der Waals surface area (Å²) < 4.78 is 5.30. The monoisotopic (exact) mass is 251 g/mol. The van der Waals surface area contributed by atoms with Gasteiger partial charge in [-0.15, -0.1) is 0 Å². The number of furan rings is 1. The van der Waals surface area contributed by atoms with E-state index in [1.165, 1.54) is 0 Å². The Balaban J connectivity index is 2.92. The maximum atomic E-state index is 12.7. The van der Waals surface area contributed by atoms with Gasteiger partial charge in [0.05, 0.1) is 18.2 Å². The second kappa shape index (κ2) is 6.74. The number of rotatable bonds is 8. The first-order chi connectivity index (χ1) is 8.64. The van der Waals surface area contributed by atoms with Crippen LogP contribution in [0.1, 0.15) is 46.3 Å². The molecule has 0 bridgehead atoms. The normalized spacial score (nSPS) is 12.1. The summed E-state index contributed by atoms with van der Waals surface area (Å²) in [5.41, 5.74) is -0.337. The van der Waals surface area contributed by atoms with Crippen LogP contribution in [0.2, 0.25) is 0 Å². The first-order valence-corrected chi connectivity index (χ1v) is 6.95. The standard InChI is InChI=1S/C15H25NO2/c1-5-15(6-2,16(7-3)8-4)14(17)12-13-10-9-11-18-13/h9-11H,5-8,12H2,1-4H3. The van der Waals surface area contributed by atoms with Gasteiger partial charge in [0, 0.05) is 0 Å². The zero-order valence-corrected chi connectivity index (χ0v) is 12.0. The minimum Gasteiger partial charge on any atom is -0.469 e. The molecular formula is C15H25NO2. The minimum atomic E-state index is -0.337. The second-order valence-corrected chi connectivity index (χ2v) is 4.59. The number of likely N-dealkylation sites (N-methyl/N-ethyl adjacent to an activating group) is 1. The molecule has 1 aromatic heterocycles. The topological polar surface area (TPSA) is 33.5 Å². The van der Waals surface area contributed by atoms with Crippen molar-refractivity contribution >= 4 is 5.78 Å². The van der Waals surface area contributed by atoms with E-state index in [2.05, 4.69) is 32.6 Å². The predicted molar refractivity (Wildman–Crippen MR) is 73.7 cm³/mol. The second-order valence-electron chi connectivity index (χ2n) is 4.59. The minimum absolute atomic E-state index is 0.270. The highest BCUT2D eigenvalue weighted by molar-refractivity contribution is 5.89. The van der Waals surface area contributed by atoms with Crippen molar-refractivity contribution in [2.75, 3.05) is 13.1 Å². The van der Waals surface area contributed by atoms with Gasteiger partial charge in [-0.1, -0.05) is 27.7 Å². The third kappa shape index (κ3) is 2.83. The summed E-state index contributed by atoms with van der Waals surface area (Å²) in [6.45, 7) is 10.2. The van der Waals surface area contributed by atoms with E-state index in [-0.39, 0.29) is 11.3 Å². The summed E-state index contributed by atoms with van der Waals surface area (Å²) in [5.74, 6) is 1.03. The highest BCUT2D eigenvalue weighted by Crippen LogP contribution is 2.26. The van der Waals surface area contributed by atoms with Crippen molar-refractivity contribution in [1.29, 1.82) is 0 Å². The lowest BCUT2D eigenvalue weighted by molar-refractivity contribution is -0.131. The van der Waals surface area contributed by atoms with Crippen LogP contribution in [-0.4, -0.2) is 29.3 Å². The Morgan fingerprint density at radius 2 is 1.83 bits per heavy atom. The molecule has 0 aromatic carbocycles. The zero-order chi connectivity index (χ0) is 13.6. The van der Waals surface area contributed by atoms with Gasteiger partial charge in [0.15, 0.2) is 5.78 Å². The highest BCUT2D eigenvalue weighted by atomic mass is 16.3. The van der Waals surface area contributed by atoms with Crippen LogP contribution in [0.4, 0.5) is 0 Å². The fraction of sp³-hybridized carbons (Fsp3) is 0.667. The molecule has 18 heavy (non-hydrogen) atoms. The molecule has 0 atom stereocenters. The lowest BCUT2D eigenvalue weighted by Gasteiger charge is -2.40. The van der Waals surface area contributed by atoms with Crippen LogP contribution in [0.3, 0.4) is 0 Å². The van der Waals surface area contributed by atoms with E-state index < -0.39 is 0 Å². The molecule has 0 amide bonds. The van der Waals surface area contributed by atoms with Crippen LogP contribution in [0.25, 0.3) is 0 Å². The van der Waals surface area contributed by atoms with Crippen LogP contribution in [0.15, 0.2) is 22.8 Å². The lowest BCUT2D eigenvalue weighted by atomic mass is 9.83. The Morgan fingerprint density at radius 1 is 1.22 bits per heavy atom.